The molecule has 0 N–H and O–H groups in total. The van der Waals surface area contributed by atoms with Crippen molar-refractivity contribution < 1.29 is 31.1 Å². The Kier molecular flexibility index (Phi) is 9.51. The zero-order valence-corrected chi connectivity index (χ0v) is 8.24. The molecule has 0 unspecified atom stereocenters. The van der Waals surface area contributed by atoms with Gasteiger partial charge in [0.15, 0.2) is 0 Å². The van der Waals surface area contributed by atoms with Crippen molar-refractivity contribution in [2.24, 2.45) is 5.92 Å². The Morgan fingerprint density at radius 3 is 1.00 bits per heavy atom. The first-order chi connectivity index (χ1) is 1.73. The van der Waals surface area contributed by atoms with Crippen molar-refractivity contribution in [3.8, 4) is 0 Å². The Morgan fingerprint density at radius 1 is 1.00 bits per heavy atom. The minimum Gasteiger partial charge on any atom is -0.0630 e. The summed E-state index contributed by atoms with van der Waals surface area (Å²) in [6.07, 6.45) is 0. The Labute approximate surface area is 57.7 Å². The molecule has 0 nitrogen and oxygen atoms in total. The summed E-state index contributed by atoms with van der Waals surface area (Å²) in [7, 11) is 0. The van der Waals surface area contributed by atoms with Gasteiger partial charge in [-0.15, -0.1) is 0 Å². The predicted octanol–water partition coefficient (Wildman–Crippen LogP) is 1.66. The Hall–Kier alpha value is 1.05. The third-order valence-corrected chi connectivity index (χ3v) is 0. The van der Waals surface area contributed by atoms with Crippen LogP contribution >= 0.6 is 0 Å². The smallest absolute Gasteiger partial charge is 0 e. The summed E-state index contributed by atoms with van der Waals surface area (Å²) in [6.45, 7) is 6.50. The minimum atomic E-state index is 0. The molecule has 0 aliphatic carbocycles. The van der Waals surface area contributed by atoms with Crippen molar-refractivity contribution in [3.63, 3.8) is 0 Å². The van der Waals surface area contributed by atoms with E-state index in [1.165, 1.54) is 0 Å². The van der Waals surface area contributed by atoms with Crippen LogP contribution < -0.4 is 0 Å². The van der Waals surface area contributed by atoms with Gasteiger partial charge in [-0.05, 0) is 5.92 Å². The standard InChI is InChI=1S/C4H10.U/c1-4(2)3;/h4H,1-3H3;. The molecule has 0 aliphatic heterocycles. The van der Waals surface area contributed by atoms with Crippen molar-refractivity contribution in [3.05, 3.63) is 0 Å². The first kappa shape index (κ1) is 9.41. The predicted molar refractivity (Wildman–Crippen MR) is 20.5 cm³/mol. The summed E-state index contributed by atoms with van der Waals surface area (Å²) in [5, 5.41) is 0. The zero-order chi connectivity index (χ0) is 3.58. The van der Waals surface area contributed by atoms with Gasteiger partial charge < -0.3 is 0 Å². The van der Waals surface area contributed by atoms with Gasteiger partial charge in [0, 0.05) is 31.1 Å². The molecule has 0 heterocycles. The van der Waals surface area contributed by atoms with Crippen LogP contribution in [-0.4, -0.2) is 0 Å². The van der Waals surface area contributed by atoms with Gasteiger partial charge in [-0.3, -0.25) is 0 Å². The van der Waals surface area contributed by atoms with Crippen LogP contribution in [0.1, 0.15) is 20.8 Å². The van der Waals surface area contributed by atoms with E-state index in [0.717, 1.165) is 5.92 Å². The van der Waals surface area contributed by atoms with Gasteiger partial charge in [0.25, 0.3) is 0 Å². The zero-order valence-electron chi connectivity index (χ0n) is 4.08. The van der Waals surface area contributed by atoms with E-state index in [9.17, 15) is 0 Å². The molecular weight excluding hydrogens is 286 g/mol. The van der Waals surface area contributed by atoms with Crippen LogP contribution in [0.4, 0.5) is 0 Å². The molecule has 0 aliphatic rings. The molecule has 0 atom stereocenters. The normalized spacial score (nSPS) is 7.20. The summed E-state index contributed by atoms with van der Waals surface area (Å²) in [6, 6.07) is 0. The van der Waals surface area contributed by atoms with E-state index in [1.54, 1.807) is 0 Å². The third kappa shape index (κ3) is 42.5. The number of hydrogen-bond donors (Lipinski definition) is 0. The molecule has 0 fully saturated rings. The van der Waals surface area contributed by atoms with E-state index in [2.05, 4.69) is 20.8 Å². The average molecular weight is 296 g/mol. The van der Waals surface area contributed by atoms with Crippen molar-refractivity contribution in [2.45, 2.75) is 20.8 Å². The molecule has 0 radical (unpaired) electrons. The maximum Gasteiger partial charge on any atom is 0 e. The van der Waals surface area contributed by atoms with Crippen molar-refractivity contribution in [1.29, 1.82) is 0 Å². The second-order valence-corrected chi connectivity index (χ2v) is 1.73. The van der Waals surface area contributed by atoms with Crippen LogP contribution in [0.3, 0.4) is 0 Å². The van der Waals surface area contributed by atoms with Crippen LogP contribution in [0, 0.1) is 37.0 Å². The quantitative estimate of drug-likeness (QED) is 0.638. The molecule has 0 amide bonds. The fourth-order valence-corrected chi connectivity index (χ4v) is 0. The maximum atomic E-state index is 2.17. The van der Waals surface area contributed by atoms with E-state index in [-0.39, 0.29) is 31.1 Å². The largest absolute Gasteiger partial charge is 0.0630 e. The Morgan fingerprint density at radius 2 is 1.00 bits per heavy atom. The average Bonchev–Trinajstić information content (AvgIpc) is 0.811. The molecule has 0 aromatic heterocycles. The van der Waals surface area contributed by atoms with Crippen molar-refractivity contribution >= 4 is 0 Å². The van der Waals surface area contributed by atoms with Crippen LogP contribution in [0.5, 0.6) is 0 Å². The second-order valence-electron chi connectivity index (χ2n) is 1.73. The monoisotopic (exact) mass is 296 g/mol. The molecular formula is C4H10U. The maximum absolute atomic E-state index is 2.17. The van der Waals surface area contributed by atoms with E-state index in [1.807, 2.05) is 0 Å². The van der Waals surface area contributed by atoms with Crippen LogP contribution in [0.15, 0.2) is 0 Å². The van der Waals surface area contributed by atoms with Gasteiger partial charge in [0.1, 0.15) is 0 Å². The number of rotatable bonds is 0. The Bertz CT molecular complexity index is 8.36. The van der Waals surface area contributed by atoms with Crippen LogP contribution in [-0.2, 0) is 0 Å². The second kappa shape index (κ2) is 5.05. The van der Waals surface area contributed by atoms with Crippen molar-refractivity contribution in [1.82, 2.24) is 0 Å². The van der Waals surface area contributed by atoms with Gasteiger partial charge in [0.2, 0.25) is 0 Å². The van der Waals surface area contributed by atoms with E-state index >= 15 is 0 Å². The first-order valence-corrected chi connectivity index (χ1v) is 1.73. The minimum absolute atomic E-state index is 0. The van der Waals surface area contributed by atoms with E-state index < -0.39 is 0 Å². The number of hydrogen-bond acceptors (Lipinski definition) is 0. The van der Waals surface area contributed by atoms with Gasteiger partial charge in [0.05, 0.1) is 0 Å². The fourth-order valence-electron chi connectivity index (χ4n) is 0. The van der Waals surface area contributed by atoms with Gasteiger partial charge in [-0.2, -0.15) is 0 Å². The van der Waals surface area contributed by atoms with Crippen LogP contribution in [0.2, 0.25) is 0 Å². The third-order valence-electron chi connectivity index (χ3n) is 0. The van der Waals surface area contributed by atoms with Crippen molar-refractivity contribution in [2.75, 3.05) is 0 Å². The molecule has 0 bridgehead atoms. The molecule has 0 aromatic carbocycles. The van der Waals surface area contributed by atoms with Crippen LogP contribution in [0.25, 0.3) is 0 Å². The Balaban J connectivity index is 0. The summed E-state index contributed by atoms with van der Waals surface area (Å²) >= 11 is 0. The molecule has 5 heavy (non-hydrogen) atoms. The summed E-state index contributed by atoms with van der Waals surface area (Å²) in [4.78, 5) is 0. The molecule has 1 heteroatoms. The molecule has 30 valence electrons. The van der Waals surface area contributed by atoms with Gasteiger partial charge in [-0.25, -0.2) is 0 Å². The van der Waals surface area contributed by atoms with Gasteiger partial charge in [-0.1, -0.05) is 20.8 Å². The molecule has 0 spiro atoms. The summed E-state index contributed by atoms with van der Waals surface area (Å²) in [5.74, 6) is 0.833. The molecule has 0 saturated carbocycles. The molecule has 0 saturated heterocycles. The molecule has 0 rings (SSSR count). The first-order valence-electron chi connectivity index (χ1n) is 1.73. The molecule has 0 aromatic rings. The fraction of sp³-hybridized carbons (Fsp3) is 1.00. The topological polar surface area (TPSA) is 0 Å². The SMILES string of the molecule is CC(C)C.[U]. The van der Waals surface area contributed by atoms with E-state index in [4.69, 9.17) is 0 Å². The summed E-state index contributed by atoms with van der Waals surface area (Å²) < 4.78 is 0. The van der Waals surface area contributed by atoms with E-state index in [0.29, 0.717) is 0 Å². The van der Waals surface area contributed by atoms with Gasteiger partial charge >= 0.3 is 0 Å². The summed E-state index contributed by atoms with van der Waals surface area (Å²) in [5.41, 5.74) is 0.